The van der Waals surface area contributed by atoms with Crippen LogP contribution in [0.4, 0.5) is 0 Å². The average molecular weight is 141 g/mol. The molecule has 2 fully saturated rings. The molecule has 0 spiro atoms. The highest BCUT2D eigenvalue weighted by Gasteiger charge is 2.35. The molecule has 0 bridgehead atoms. The van der Waals surface area contributed by atoms with Crippen LogP contribution in [0.2, 0.25) is 0 Å². The molecular weight excluding hydrogens is 126 g/mol. The SMILES string of the molecule is CC1COC2CNCCC12. The Kier molecular flexibility index (Phi) is 1.66. The summed E-state index contributed by atoms with van der Waals surface area (Å²) in [5.74, 6) is 1.65. The smallest absolute Gasteiger partial charge is 0.0731 e. The molecule has 0 aromatic heterocycles. The number of rotatable bonds is 0. The minimum atomic E-state index is 0.531. The highest BCUT2D eigenvalue weighted by Crippen LogP contribution is 2.30. The van der Waals surface area contributed by atoms with Gasteiger partial charge in [0.05, 0.1) is 6.10 Å². The molecule has 2 heterocycles. The van der Waals surface area contributed by atoms with E-state index in [0.29, 0.717) is 6.10 Å². The molecule has 0 amide bonds. The van der Waals surface area contributed by atoms with Crippen molar-refractivity contribution in [2.45, 2.75) is 19.4 Å². The van der Waals surface area contributed by atoms with E-state index in [1.54, 1.807) is 0 Å². The van der Waals surface area contributed by atoms with E-state index in [9.17, 15) is 0 Å². The molecule has 1 N–H and O–H groups in total. The van der Waals surface area contributed by atoms with E-state index in [-0.39, 0.29) is 0 Å². The third kappa shape index (κ3) is 0.956. The summed E-state index contributed by atoms with van der Waals surface area (Å²) >= 11 is 0. The van der Waals surface area contributed by atoms with Gasteiger partial charge in [-0.1, -0.05) is 6.92 Å². The van der Waals surface area contributed by atoms with Gasteiger partial charge in [0.25, 0.3) is 0 Å². The summed E-state index contributed by atoms with van der Waals surface area (Å²) in [5, 5.41) is 3.35. The lowest BCUT2D eigenvalue weighted by molar-refractivity contribution is 0.0763. The summed E-state index contributed by atoms with van der Waals surface area (Å²) in [4.78, 5) is 0. The van der Waals surface area contributed by atoms with Crippen molar-refractivity contribution in [3.05, 3.63) is 0 Å². The average Bonchev–Trinajstić information content (AvgIpc) is 2.34. The predicted octanol–water partition coefficient (Wildman–Crippen LogP) is 0.631. The van der Waals surface area contributed by atoms with Crippen LogP contribution in [-0.4, -0.2) is 25.8 Å². The van der Waals surface area contributed by atoms with Crippen LogP contribution >= 0.6 is 0 Å². The molecule has 0 radical (unpaired) electrons. The first-order chi connectivity index (χ1) is 4.88. The van der Waals surface area contributed by atoms with E-state index < -0.39 is 0 Å². The lowest BCUT2D eigenvalue weighted by Crippen LogP contribution is -2.39. The van der Waals surface area contributed by atoms with Crippen molar-refractivity contribution in [2.75, 3.05) is 19.7 Å². The van der Waals surface area contributed by atoms with Gasteiger partial charge < -0.3 is 10.1 Å². The minimum absolute atomic E-state index is 0.531. The van der Waals surface area contributed by atoms with Crippen molar-refractivity contribution in [3.8, 4) is 0 Å². The number of hydrogen-bond acceptors (Lipinski definition) is 2. The van der Waals surface area contributed by atoms with Gasteiger partial charge in [-0.15, -0.1) is 0 Å². The summed E-state index contributed by atoms with van der Waals surface area (Å²) in [5.41, 5.74) is 0. The molecule has 2 nitrogen and oxygen atoms in total. The fraction of sp³-hybridized carbons (Fsp3) is 1.00. The van der Waals surface area contributed by atoms with Crippen molar-refractivity contribution in [3.63, 3.8) is 0 Å². The standard InChI is InChI=1S/C8H15NO/c1-6-5-10-8-4-9-3-2-7(6)8/h6-9H,2-5H2,1H3. The summed E-state index contributed by atoms with van der Waals surface area (Å²) in [7, 11) is 0. The molecule has 58 valence electrons. The van der Waals surface area contributed by atoms with Gasteiger partial charge >= 0.3 is 0 Å². The zero-order valence-corrected chi connectivity index (χ0v) is 6.47. The third-order valence-electron chi connectivity index (χ3n) is 2.78. The molecule has 2 aliphatic rings. The Morgan fingerprint density at radius 2 is 2.40 bits per heavy atom. The van der Waals surface area contributed by atoms with Gasteiger partial charge in [-0.3, -0.25) is 0 Å². The van der Waals surface area contributed by atoms with Crippen molar-refractivity contribution in [1.82, 2.24) is 5.32 Å². The second kappa shape index (κ2) is 2.51. The van der Waals surface area contributed by atoms with Gasteiger partial charge in [-0.2, -0.15) is 0 Å². The topological polar surface area (TPSA) is 21.3 Å². The van der Waals surface area contributed by atoms with E-state index in [4.69, 9.17) is 4.74 Å². The van der Waals surface area contributed by atoms with E-state index in [0.717, 1.165) is 25.0 Å². The Morgan fingerprint density at radius 3 is 3.20 bits per heavy atom. The number of nitrogens with one attached hydrogen (secondary N) is 1. The van der Waals surface area contributed by atoms with Crippen LogP contribution in [0.15, 0.2) is 0 Å². The Labute approximate surface area is 61.9 Å². The van der Waals surface area contributed by atoms with Crippen LogP contribution in [0.3, 0.4) is 0 Å². The van der Waals surface area contributed by atoms with Crippen LogP contribution in [0.25, 0.3) is 0 Å². The van der Waals surface area contributed by atoms with E-state index in [2.05, 4.69) is 12.2 Å². The number of piperidine rings is 1. The largest absolute Gasteiger partial charge is 0.376 e. The van der Waals surface area contributed by atoms with E-state index in [1.165, 1.54) is 13.0 Å². The Balaban J connectivity index is 2.01. The zero-order valence-electron chi connectivity index (χ0n) is 6.47. The highest BCUT2D eigenvalue weighted by atomic mass is 16.5. The zero-order chi connectivity index (χ0) is 6.97. The van der Waals surface area contributed by atoms with Crippen LogP contribution in [0, 0.1) is 11.8 Å². The van der Waals surface area contributed by atoms with Crippen molar-refractivity contribution >= 4 is 0 Å². The maximum absolute atomic E-state index is 5.61. The lowest BCUT2D eigenvalue weighted by atomic mass is 9.87. The molecule has 2 aliphatic heterocycles. The normalized spacial score (nSPS) is 47.1. The van der Waals surface area contributed by atoms with Crippen LogP contribution in [-0.2, 0) is 4.74 Å². The van der Waals surface area contributed by atoms with E-state index in [1.807, 2.05) is 0 Å². The molecule has 0 aromatic carbocycles. The van der Waals surface area contributed by atoms with Crippen LogP contribution in [0.5, 0.6) is 0 Å². The molecule has 0 aliphatic carbocycles. The van der Waals surface area contributed by atoms with Crippen LogP contribution < -0.4 is 5.32 Å². The molecule has 3 atom stereocenters. The second-order valence-electron chi connectivity index (χ2n) is 3.51. The molecule has 10 heavy (non-hydrogen) atoms. The molecule has 2 heteroatoms. The summed E-state index contributed by atoms with van der Waals surface area (Å²) in [6.07, 6.45) is 1.84. The second-order valence-corrected chi connectivity index (χ2v) is 3.51. The molecule has 0 aromatic rings. The molecule has 2 saturated heterocycles. The summed E-state index contributed by atoms with van der Waals surface area (Å²) < 4.78 is 5.61. The van der Waals surface area contributed by atoms with Crippen molar-refractivity contribution in [2.24, 2.45) is 11.8 Å². The quantitative estimate of drug-likeness (QED) is 0.534. The van der Waals surface area contributed by atoms with Gasteiger partial charge in [0.15, 0.2) is 0 Å². The summed E-state index contributed by atoms with van der Waals surface area (Å²) in [6, 6.07) is 0. The number of hydrogen-bond donors (Lipinski definition) is 1. The lowest BCUT2D eigenvalue weighted by Gasteiger charge is -2.26. The maximum atomic E-state index is 5.61. The minimum Gasteiger partial charge on any atom is -0.376 e. The van der Waals surface area contributed by atoms with Gasteiger partial charge in [-0.05, 0) is 24.8 Å². The fourth-order valence-electron chi connectivity index (χ4n) is 2.08. The first kappa shape index (κ1) is 6.62. The van der Waals surface area contributed by atoms with Crippen LogP contribution in [0.1, 0.15) is 13.3 Å². The van der Waals surface area contributed by atoms with Gasteiger partial charge in [0, 0.05) is 13.2 Å². The Bertz CT molecular complexity index is 124. The van der Waals surface area contributed by atoms with E-state index >= 15 is 0 Å². The van der Waals surface area contributed by atoms with Gasteiger partial charge in [0.1, 0.15) is 0 Å². The first-order valence-corrected chi connectivity index (χ1v) is 4.20. The van der Waals surface area contributed by atoms with Crippen molar-refractivity contribution < 1.29 is 4.74 Å². The van der Waals surface area contributed by atoms with Gasteiger partial charge in [0.2, 0.25) is 0 Å². The fourth-order valence-corrected chi connectivity index (χ4v) is 2.08. The van der Waals surface area contributed by atoms with Gasteiger partial charge in [-0.25, -0.2) is 0 Å². The molecule has 2 rings (SSSR count). The number of ether oxygens (including phenoxy) is 1. The third-order valence-corrected chi connectivity index (χ3v) is 2.78. The molecule has 0 saturated carbocycles. The number of fused-ring (bicyclic) bond motifs is 1. The molecular formula is C8H15NO. The first-order valence-electron chi connectivity index (χ1n) is 4.20. The Morgan fingerprint density at radius 1 is 1.50 bits per heavy atom. The monoisotopic (exact) mass is 141 g/mol. The maximum Gasteiger partial charge on any atom is 0.0731 e. The summed E-state index contributed by atoms with van der Waals surface area (Å²) in [6.45, 7) is 5.55. The predicted molar refractivity (Wildman–Crippen MR) is 39.9 cm³/mol. The highest BCUT2D eigenvalue weighted by molar-refractivity contribution is 4.86. The van der Waals surface area contributed by atoms with Crippen molar-refractivity contribution in [1.29, 1.82) is 0 Å². The molecule has 3 unspecified atom stereocenters. The Hall–Kier alpha value is -0.0800.